The summed E-state index contributed by atoms with van der Waals surface area (Å²) in [6, 6.07) is 3.37. The van der Waals surface area contributed by atoms with Gasteiger partial charge in [0.05, 0.1) is 5.02 Å². The van der Waals surface area contributed by atoms with Crippen molar-refractivity contribution in [1.29, 1.82) is 0 Å². The molecular weight excluding hydrogens is 294 g/mol. The minimum absolute atomic E-state index is 0.259. The third-order valence-electron chi connectivity index (χ3n) is 3.05. The molecule has 0 saturated carbocycles. The number of nitrogens with zero attached hydrogens (tertiary/aromatic N) is 3. The molecule has 0 aromatic carbocycles. The highest BCUT2D eigenvalue weighted by atomic mass is 35.5. The molecule has 108 valence electrons. The molecule has 3 heterocycles. The van der Waals surface area contributed by atoms with Crippen LogP contribution in [0.4, 0.5) is 0 Å². The first kappa shape index (κ1) is 13.6. The normalized spacial score (nSPS) is 11.1. The van der Waals surface area contributed by atoms with Gasteiger partial charge in [-0.2, -0.15) is 0 Å². The lowest BCUT2D eigenvalue weighted by atomic mass is 10.3. The lowest BCUT2D eigenvalue weighted by Gasteiger charge is -2.02. The van der Waals surface area contributed by atoms with Crippen molar-refractivity contribution in [3.63, 3.8) is 0 Å². The monoisotopic (exact) mass is 305 g/mol. The van der Waals surface area contributed by atoms with Crippen LogP contribution in [0.25, 0.3) is 22.7 Å². The number of aryl methyl sites for hydroxylation is 1. The fourth-order valence-electron chi connectivity index (χ4n) is 2.11. The Bertz CT molecular complexity index is 907. The number of aromatic nitrogens is 5. The zero-order valence-corrected chi connectivity index (χ0v) is 11.9. The maximum Gasteiger partial charge on any atom is 0.330 e. The van der Waals surface area contributed by atoms with E-state index in [9.17, 15) is 9.59 Å². The maximum absolute atomic E-state index is 11.9. The van der Waals surface area contributed by atoms with Crippen LogP contribution in [0.3, 0.4) is 0 Å². The van der Waals surface area contributed by atoms with Gasteiger partial charge in [-0.1, -0.05) is 18.5 Å². The van der Waals surface area contributed by atoms with Crippen LogP contribution in [0.1, 0.15) is 13.3 Å². The number of H-pyrrole nitrogens is 2. The molecule has 0 aliphatic heterocycles. The quantitative estimate of drug-likeness (QED) is 0.767. The molecule has 0 atom stereocenters. The lowest BCUT2D eigenvalue weighted by molar-refractivity contribution is 0.653. The topological polar surface area (TPSA) is 96.4 Å². The Labute approximate surface area is 123 Å². The largest absolute Gasteiger partial charge is 0.331 e. The molecule has 8 heteroatoms. The third kappa shape index (κ3) is 2.36. The second kappa shape index (κ2) is 5.17. The predicted molar refractivity (Wildman–Crippen MR) is 79.5 cm³/mol. The van der Waals surface area contributed by atoms with Crippen LogP contribution in [-0.2, 0) is 6.54 Å². The molecule has 0 radical (unpaired) electrons. The van der Waals surface area contributed by atoms with E-state index in [0.717, 1.165) is 6.42 Å². The highest BCUT2D eigenvalue weighted by Crippen LogP contribution is 2.17. The molecule has 0 unspecified atom stereocenters. The van der Waals surface area contributed by atoms with Gasteiger partial charge in [-0.3, -0.25) is 19.3 Å². The van der Waals surface area contributed by atoms with Crippen molar-refractivity contribution in [2.75, 3.05) is 0 Å². The zero-order chi connectivity index (χ0) is 15.0. The lowest BCUT2D eigenvalue weighted by Crippen LogP contribution is -2.30. The van der Waals surface area contributed by atoms with E-state index in [4.69, 9.17) is 11.6 Å². The first-order valence-electron chi connectivity index (χ1n) is 6.45. The fourth-order valence-corrected chi connectivity index (χ4v) is 2.22. The number of halogens is 1. The summed E-state index contributed by atoms with van der Waals surface area (Å²) >= 11 is 5.80. The van der Waals surface area contributed by atoms with E-state index in [1.807, 2.05) is 6.92 Å². The van der Waals surface area contributed by atoms with E-state index in [0.29, 0.717) is 28.7 Å². The zero-order valence-electron chi connectivity index (χ0n) is 11.2. The Morgan fingerprint density at radius 3 is 2.76 bits per heavy atom. The summed E-state index contributed by atoms with van der Waals surface area (Å²) in [6.45, 7) is 2.42. The van der Waals surface area contributed by atoms with Gasteiger partial charge < -0.3 is 4.98 Å². The highest BCUT2D eigenvalue weighted by molar-refractivity contribution is 6.30. The number of rotatable bonds is 3. The molecule has 21 heavy (non-hydrogen) atoms. The van der Waals surface area contributed by atoms with Crippen LogP contribution in [0.5, 0.6) is 0 Å². The van der Waals surface area contributed by atoms with E-state index >= 15 is 0 Å². The van der Waals surface area contributed by atoms with Crippen molar-refractivity contribution in [3.05, 3.63) is 44.2 Å². The molecule has 0 bridgehead atoms. The number of imidazole rings is 1. The van der Waals surface area contributed by atoms with Gasteiger partial charge in [0.2, 0.25) is 0 Å². The molecule has 0 fully saturated rings. The molecule has 0 saturated heterocycles. The number of hydrogen-bond donors (Lipinski definition) is 2. The van der Waals surface area contributed by atoms with Crippen molar-refractivity contribution >= 4 is 22.8 Å². The van der Waals surface area contributed by atoms with Gasteiger partial charge in [0, 0.05) is 12.7 Å². The second-order valence-electron chi connectivity index (χ2n) is 4.56. The summed E-state index contributed by atoms with van der Waals surface area (Å²) < 4.78 is 1.44. The maximum atomic E-state index is 11.9. The van der Waals surface area contributed by atoms with Gasteiger partial charge in [-0.25, -0.2) is 9.78 Å². The number of nitrogens with one attached hydrogen (secondary N) is 2. The van der Waals surface area contributed by atoms with Gasteiger partial charge >= 0.3 is 5.69 Å². The standard InChI is InChI=1S/C13H12ClN5O2/c1-2-5-19-11-9(12(20)18-13(19)21)16-10(17-11)8-4-3-7(14)6-15-8/h3-4,6H,2,5H2,1H3,(H,16,17)(H,18,20,21). The smallest absolute Gasteiger partial charge is 0.330 e. The van der Waals surface area contributed by atoms with Gasteiger partial charge in [0.1, 0.15) is 11.2 Å². The summed E-state index contributed by atoms with van der Waals surface area (Å²) in [5.74, 6) is 0.419. The highest BCUT2D eigenvalue weighted by Gasteiger charge is 2.14. The average molecular weight is 306 g/mol. The Kier molecular flexibility index (Phi) is 3.34. The van der Waals surface area contributed by atoms with Crippen molar-refractivity contribution in [2.45, 2.75) is 19.9 Å². The molecule has 0 spiro atoms. The Hall–Kier alpha value is -2.41. The van der Waals surface area contributed by atoms with Crippen LogP contribution < -0.4 is 11.2 Å². The van der Waals surface area contributed by atoms with Gasteiger partial charge in [-0.15, -0.1) is 0 Å². The van der Waals surface area contributed by atoms with Crippen molar-refractivity contribution in [2.24, 2.45) is 0 Å². The molecule has 3 aromatic heterocycles. The first-order chi connectivity index (χ1) is 10.1. The van der Waals surface area contributed by atoms with Gasteiger partial charge in [-0.05, 0) is 18.6 Å². The SMILES string of the molecule is CCCn1c(=O)[nH]c(=O)c2[nH]c(-c3ccc(Cl)cn3)nc21. The van der Waals surface area contributed by atoms with Crippen LogP contribution in [0.15, 0.2) is 27.9 Å². The Morgan fingerprint density at radius 2 is 2.10 bits per heavy atom. The summed E-state index contributed by atoms with van der Waals surface area (Å²) in [6.07, 6.45) is 2.25. The molecule has 0 aliphatic rings. The van der Waals surface area contributed by atoms with Crippen LogP contribution >= 0.6 is 11.6 Å². The summed E-state index contributed by atoms with van der Waals surface area (Å²) in [5.41, 5.74) is 0.184. The average Bonchev–Trinajstić information content (AvgIpc) is 2.90. The van der Waals surface area contributed by atoms with Gasteiger partial charge in [0.15, 0.2) is 11.5 Å². The summed E-state index contributed by atoms with van der Waals surface area (Å²) in [5, 5.41) is 0.510. The second-order valence-corrected chi connectivity index (χ2v) is 4.99. The number of hydrogen-bond acceptors (Lipinski definition) is 4. The number of aromatic amines is 2. The van der Waals surface area contributed by atoms with Crippen molar-refractivity contribution in [1.82, 2.24) is 24.5 Å². The molecular formula is C13H12ClN5O2. The van der Waals surface area contributed by atoms with Crippen LogP contribution in [0.2, 0.25) is 5.02 Å². The van der Waals surface area contributed by atoms with E-state index in [1.54, 1.807) is 12.1 Å². The minimum atomic E-state index is -0.491. The molecule has 2 N–H and O–H groups in total. The van der Waals surface area contributed by atoms with Crippen molar-refractivity contribution < 1.29 is 0 Å². The van der Waals surface area contributed by atoms with E-state index in [2.05, 4.69) is 19.9 Å². The number of pyridine rings is 1. The summed E-state index contributed by atoms with van der Waals surface area (Å²) in [7, 11) is 0. The Balaban J connectivity index is 2.26. The molecule has 0 aliphatic carbocycles. The molecule has 7 nitrogen and oxygen atoms in total. The van der Waals surface area contributed by atoms with E-state index in [-0.39, 0.29) is 5.52 Å². The fraction of sp³-hybridized carbons (Fsp3) is 0.231. The van der Waals surface area contributed by atoms with E-state index in [1.165, 1.54) is 10.8 Å². The van der Waals surface area contributed by atoms with Gasteiger partial charge in [0.25, 0.3) is 5.56 Å². The van der Waals surface area contributed by atoms with Crippen molar-refractivity contribution in [3.8, 4) is 11.5 Å². The number of fused-ring (bicyclic) bond motifs is 1. The Morgan fingerprint density at radius 1 is 1.29 bits per heavy atom. The van der Waals surface area contributed by atoms with Crippen LogP contribution in [0, 0.1) is 0 Å². The summed E-state index contributed by atoms with van der Waals surface area (Å²) in [4.78, 5) is 37.4. The third-order valence-corrected chi connectivity index (χ3v) is 3.27. The van der Waals surface area contributed by atoms with Crippen LogP contribution in [-0.4, -0.2) is 24.5 Å². The molecule has 0 amide bonds. The first-order valence-corrected chi connectivity index (χ1v) is 6.82. The van der Waals surface area contributed by atoms with E-state index < -0.39 is 11.2 Å². The predicted octanol–water partition coefficient (Wildman–Crippen LogP) is 1.54. The minimum Gasteiger partial charge on any atom is -0.331 e. The molecule has 3 aromatic rings. The molecule has 3 rings (SSSR count).